The third kappa shape index (κ3) is 2.36. The van der Waals surface area contributed by atoms with Gasteiger partial charge in [-0.2, -0.15) is 5.10 Å². The van der Waals surface area contributed by atoms with Gasteiger partial charge in [0.1, 0.15) is 0 Å². The summed E-state index contributed by atoms with van der Waals surface area (Å²) in [4.78, 5) is 17.6. The lowest BCUT2D eigenvalue weighted by atomic mass is 9.91. The molecule has 1 aliphatic rings. The molecule has 0 spiro atoms. The Bertz CT molecular complexity index is 587. The summed E-state index contributed by atoms with van der Waals surface area (Å²) in [6, 6.07) is 1.86. The molecule has 0 bridgehead atoms. The van der Waals surface area contributed by atoms with Crippen LogP contribution < -0.4 is 10.6 Å². The van der Waals surface area contributed by atoms with E-state index in [-0.39, 0.29) is 0 Å². The zero-order chi connectivity index (χ0) is 13.9. The number of hydrogen-bond acceptors (Lipinski definition) is 4. The molecule has 6 nitrogen and oxygen atoms in total. The number of amides is 1. The highest BCUT2D eigenvalue weighted by Crippen LogP contribution is 2.30. The van der Waals surface area contributed by atoms with Crippen molar-refractivity contribution in [2.24, 2.45) is 5.73 Å². The lowest BCUT2D eigenvalue weighted by Gasteiger charge is -2.34. The number of piperidine rings is 1. The smallest absolute Gasteiger partial charge is 0.252 e. The van der Waals surface area contributed by atoms with Crippen LogP contribution >= 0.6 is 0 Å². The van der Waals surface area contributed by atoms with Gasteiger partial charge in [-0.25, -0.2) is 0 Å². The molecule has 0 radical (unpaired) electrons. The van der Waals surface area contributed by atoms with Gasteiger partial charge in [0.05, 0.1) is 17.4 Å². The highest BCUT2D eigenvalue weighted by Gasteiger charge is 2.23. The van der Waals surface area contributed by atoms with E-state index in [4.69, 9.17) is 5.73 Å². The third-order valence-corrected chi connectivity index (χ3v) is 3.89. The summed E-state index contributed by atoms with van der Waals surface area (Å²) < 4.78 is 0. The Labute approximate surface area is 117 Å². The molecule has 104 valence electrons. The van der Waals surface area contributed by atoms with Crippen LogP contribution in [0.15, 0.2) is 30.9 Å². The van der Waals surface area contributed by atoms with Gasteiger partial charge >= 0.3 is 0 Å². The van der Waals surface area contributed by atoms with Crippen molar-refractivity contribution < 1.29 is 4.79 Å². The van der Waals surface area contributed by atoms with Crippen LogP contribution in [0.2, 0.25) is 0 Å². The number of nitrogens with zero attached hydrogens (tertiary/aromatic N) is 3. The van der Waals surface area contributed by atoms with Gasteiger partial charge in [0, 0.05) is 31.7 Å². The summed E-state index contributed by atoms with van der Waals surface area (Å²) in [5.74, 6) is 0.105. The molecule has 20 heavy (non-hydrogen) atoms. The number of anilines is 1. The van der Waals surface area contributed by atoms with E-state index in [0.29, 0.717) is 11.5 Å². The largest absolute Gasteiger partial charge is 0.371 e. The molecular weight excluding hydrogens is 254 g/mol. The number of primary amides is 1. The maximum Gasteiger partial charge on any atom is 0.252 e. The number of nitrogens with two attached hydrogens (primary N) is 1. The van der Waals surface area contributed by atoms with Crippen molar-refractivity contribution in [2.75, 3.05) is 18.0 Å². The molecule has 0 saturated carbocycles. The predicted molar refractivity (Wildman–Crippen MR) is 75.5 cm³/mol. The topological polar surface area (TPSA) is 87.9 Å². The van der Waals surface area contributed by atoms with Gasteiger partial charge in [0.15, 0.2) is 0 Å². The number of H-pyrrole nitrogens is 1. The van der Waals surface area contributed by atoms with Crippen molar-refractivity contribution in [1.29, 1.82) is 0 Å². The highest BCUT2D eigenvalue weighted by atomic mass is 16.1. The first-order chi connectivity index (χ1) is 9.75. The van der Waals surface area contributed by atoms with Crippen molar-refractivity contribution >= 4 is 11.6 Å². The van der Waals surface area contributed by atoms with Crippen LogP contribution in [0.5, 0.6) is 0 Å². The van der Waals surface area contributed by atoms with Gasteiger partial charge < -0.3 is 10.6 Å². The first kappa shape index (κ1) is 12.7. The normalized spacial score (nSPS) is 16.3. The zero-order valence-corrected chi connectivity index (χ0v) is 11.1. The Morgan fingerprint density at radius 3 is 2.80 bits per heavy atom. The summed E-state index contributed by atoms with van der Waals surface area (Å²) in [7, 11) is 0. The molecule has 3 rings (SSSR count). The van der Waals surface area contributed by atoms with E-state index in [1.54, 1.807) is 12.4 Å². The van der Waals surface area contributed by atoms with Gasteiger partial charge in [0.2, 0.25) is 0 Å². The first-order valence-corrected chi connectivity index (χ1v) is 6.73. The molecule has 1 fully saturated rings. The number of aromatic nitrogens is 3. The average molecular weight is 271 g/mol. The molecule has 1 saturated heterocycles. The van der Waals surface area contributed by atoms with Crippen LogP contribution in [0.25, 0.3) is 0 Å². The van der Waals surface area contributed by atoms with E-state index in [1.807, 2.05) is 18.5 Å². The molecule has 0 aliphatic carbocycles. The summed E-state index contributed by atoms with van der Waals surface area (Å²) in [6.07, 6.45) is 9.17. The van der Waals surface area contributed by atoms with E-state index in [0.717, 1.165) is 31.6 Å². The number of hydrogen-bond donors (Lipinski definition) is 2. The van der Waals surface area contributed by atoms with Crippen molar-refractivity contribution in [3.63, 3.8) is 0 Å². The molecule has 2 aromatic rings. The summed E-state index contributed by atoms with van der Waals surface area (Å²) >= 11 is 0. The minimum Gasteiger partial charge on any atom is -0.371 e. The Balaban J connectivity index is 1.74. The van der Waals surface area contributed by atoms with Crippen LogP contribution in [0.3, 0.4) is 0 Å². The fourth-order valence-electron chi connectivity index (χ4n) is 2.79. The fourth-order valence-corrected chi connectivity index (χ4v) is 2.79. The molecular formula is C14H17N5O. The minimum atomic E-state index is -0.426. The number of carbonyl (C=O) groups excluding carboxylic acids is 1. The quantitative estimate of drug-likeness (QED) is 0.880. The van der Waals surface area contributed by atoms with E-state index in [9.17, 15) is 4.79 Å². The Kier molecular flexibility index (Phi) is 3.37. The first-order valence-electron chi connectivity index (χ1n) is 6.73. The van der Waals surface area contributed by atoms with Gasteiger partial charge in [-0.15, -0.1) is 0 Å². The molecule has 3 heterocycles. The molecule has 2 aromatic heterocycles. The number of carbonyl (C=O) groups is 1. The van der Waals surface area contributed by atoms with Gasteiger partial charge in [-0.1, -0.05) is 0 Å². The van der Waals surface area contributed by atoms with E-state index in [2.05, 4.69) is 20.1 Å². The summed E-state index contributed by atoms with van der Waals surface area (Å²) in [6.45, 7) is 1.81. The third-order valence-electron chi connectivity index (χ3n) is 3.89. The van der Waals surface area contributed by atoms with Crippen molar-refractivity contribution in [2.45, 2.75) is 18.8 Å². The van der Waals surface area contributed by atoms with Gasteiger partial charge in [-0.3, -0.25) is 14.9 Å². The van der Waals surface area contributed by atoms with Crippen LogP contribution in [-0.2, 0) is 0 Å². The van der Waals surface area contributed by atoms with E-state index in [1.165, 1.54) is 5.56 Å². The molecule has 1 amide bonds. The standard InChI is InChI=1S/C14H17N5O/c15-14(20)12-9-16-4-1-13(12)19-5-2-10(3-6-19)11-7-17-18-8-11/h1,4,7-10H,2-3,5-6H2,(H2,15,20)(H,17,18). The van der Waals surface area contributed by atoms with Crippen LogP contribution in [0, 0.1) is 0 Å². The lowest BCUT2D eigenvalue weighted by Crippen LogP contribution is -2.34. The zero-order valence-electron chi connectivity index (χ0n) is 11.1. The Hall–Kier alpha value is -2.37. The van der Waals surface area contributed by atoms with Gasteiger partial charge in [-0.05, 0) is 30.4 Å². The predicted octanol–water partition coefficient (Wildman–Crippen LogP) is 1.29. The molecule has 0 aromatic carbocycles. The van der Waals surface area contributed by atoms with Crippen LogP contribution in [-0.4, -0.2) is 34.2 Å². The average Bonchev–Trinajstić information content (AvgIpc) is 3.02. The van der Waals surface area contributed by atoms with Crippen molar-refractivity contribution in [3.05, 3.63) is 42.0 Å². The second kappa shape index (κ2) is 5.32. The second-order valence-electron chi connectivity index (χ2n) is 5.05. The molecule has 6 heteroatoms. The lowest BCUT2D eigenvalue weighted by molar-refractivity contribution is 0.100. The van der Waals surface area contributed by atoms with Crippen LogP contribution in [0.1, 0.15) is 34.7 Å². The number of pyridine rings is 1. The van der Waals surface area contributed by atoms with E-state index < -0.39 is 5.91 Å². The maximum atomic E-state index is 11.5. The minimum absolute atomic E-state index is 0.426. The monoisotopic (exact) mass is 271 g/mol. The molecule has 1 aliphatic heterocycles. The molecule has 0 unspecified atom stereocenters. The SMILES string of the molecule is NC(=O)c1cnccc1N1CCC(c2cn[nH]c2)CC1. The van der Waals surface area contributed by atoms with Crippen molar-refractivity contribution in [3.8, 4) is 0 Å². The van der Waals surface area contributed by atoms with Crippen molar-refractivity contribution in [1.82, 2.24) is 15.2 Å². The second-order valence-corrected chi connectivity index (χ2v) is 5.05. The van der Waals surface area contributed by atoms with Crippen LogP contribution in [0.4, 0.5) is 5.69 Å². The maximum absolute atomic E-state index is 11.5. The summed E-state index contributed by atoms with van der Waals surface area (Å²) in [5, 5.41) is 6.86. The number of nitrogens with one attached hydrogen (secondary N) is 1. The molecule has 3 N–H and O–H groups in total. The number of aromatic amines is 1. The Morgan fingerprint density at radius 2 is 2.15 bits per heavy atom. The fraction of sp³-hybridized carbons (Fsp3) is 0.357. The molecule has 0 atom stereocenters. The Morgan fingerprint density at radius 1 is 1.35 bits per heavy atom. The summed E-state index contributed by atoms with van der Waals surface area (Å²) in [5.41, 5.74) is 8.05. The van der Waals surface area contributed by atoms with E-state index >= 15 is 0 Å². The number of rotatable bonds is 3. The van der Waals surface area contributed by atoms with Gasteiger partial charge in [0.25, 0.3) is 5.91 Å². The highest BCUT2D eigenvalue weighted by molar-refractivity contribution is 5.98.